The largest absolute Gasteiger partial charge is 0.276 e. The lowest BCUT2D eigenvalue weighted by Crippen LogP contribution is -2.41. The molecule has 1 aliphatic carbocycles. The molecule has 1 aliphatic rings. The van der Waals surface area contributed by atoms with Crippen molar-refractivity contribution in [2.45, 2.75) is 24.2 Å². The van der Waals surface area contributed by atoms with Crippen molar-refractivity contribution in [1.29, 1.82) is 5.26 Å². The molecule has 0 spiro atoms. The number of fused-ring (bicyclic) bond motifs is 1. The lowest BCUT2D eigenvalue weighted by atomic mass is 10.2. The smallest absolute Gasteiger partial charge is 0.273 e. The van der Waals surface area contributed by atoms with Gasteiger partial charge in [-0.1, -0.05) is 0 Å². The third-order valence-corrected chi connectivity index (χ3v) is 6.06. The SMILES string of the molecule is N#Cc1ccc(S(=O)(=O)NNC(=O)c2cc3c(s2)CCC3)cc1. The van der Waals surface area contributed by atoms with Gasteiger partial charge in [0.05, 0.1) is 21.4 Å². The van der Waals surface area contributed by atoms with Crippen LogP contribution in [0.4, 0.5) is 0 Å². The first kappa shape index (κ1) is 15.7. The minimum atomic E-state index is -3.87. The Morgan fingerprint density at radius 1 is 1.22 bits per heavy atom. The van der Waals surface area contributed by atoms with Gasteiger partial charge < -0.3 is 0 Å². The van der Waals surface area contributed by atoms with Crippen molar-refractivity contribution >= 4 is 27.3 Å². The molecule has 0 atom stereocenters. The molecule has 0 radical (unpaired) electrons. The van der Waals surface area contributed by atoms with Crippen LogP contribution in [0.1, 0.15) is 32.1 Å². The van der Waals surface area contributed by atoms with Crippen LogP contribution in [0.5, 0.6) is 0 Å². The molecule has 23 heavy (non-hydrogen) atoms. The van der Waals surface area contributed by atoms with Crippen molar-refractivity contribution in [3.63, 3.8) is 0 Å². The topological polar surface area (TPSA) is 99.1 Å². The molecule has 2 aromatic rings. The van der Waals surface area contributed by atoms with Crippen molar-refractivity contribution < 1.29 is 13.2 Å². The van der Waals surface area contributed by atoms with Gasteiger partial charge in [0.15, 0.2) is 0 Å². The Morgan fingerprint density at radius 3 is 2.61 bits per heavy atom. The molecule has 0 fully saturated rings. The van der Waals surface area contributed by atoms with E-state index in [0.717, 1.165) is 19.3 Å². The highest BCUT2D eigenvalue weighted by Crippen LogP contribution is 2.30. The lowest BCUT2D eigenvalue weighted by molar-refractivity contribution is 0.0949. The molecule has 1 aromatic heterocycles. The number of rotatable bonds is 4. The molecular formula is C15H13N3O3S2. The summed E-state index contributed by atoms with van der Waals surface area (Å²) in [7, 11) is -3.87. The monoisotopic (exact) mass is 347 g/mol. The Labute approximate surface area is 137 Å². The van der Waals surface area contributed by atoms with Gasteiger partial charge in [0.25, 0.3) is 15.9 Å². The molecule has 0 unspecified atom stereocenters. The Balaban J connectivity index is 1.68. The van der Waals surface area contributed by atoms with Crippen LogP contribution in [0.15, 0.2) is 35.2 Å². The third kappa shape index (κ3) is 3.27. The molecule has 6 nitrogen and oxygen atoms in total. The summed E-state index contributed by atoms with van der Waals surface area (Å²) in [5.74, 6) is -0.471. The molecule has 1 amide bonds. The second kappa shape index (κ2) is 6.12. The zero-order valence-electron chi connectivity index (χ0n) is 12.0. The molecule has 0 aliphatic heterocycles. The number of hydrogen-bond acceptors (Lipinski definition) is 5. The summed E-state index contributed by atoms with van der Waals surface area (Å²) in [5.41, 5.74) is 3.76. The summed E-state index contributed by atoms with van der Waals surface area (Å²) in [6.45, 7) is 0. The average Bonchev–Trinajstić information content (AvgIpc) is 3.14. The normalized spacial score (nSPS) is 13.3. The summed E-state index contributed by atoms with van der Waals surface area (Å²) < 4.78 is 24.2. The zero-order chi connectivity index (χ0) is 16.4. The van der Waals surface area contributed by atoms with Crippen LogP contribution in [0, 0.1) is 11.3 Å². The highest BCUT2D eigenvalue weighted by molar-refractivity contribution is 7.89. The number of thiophene rings is 1. The van der Waals surface area contributed by atoms with Crippen LogP contribution in [0.25, 0.3) is 0 Å². The number of sulfonamides is 1. The number of hydrazine groups is 1. The van der Waals surface area contributed by atoms with E-state index in [1.54, 1.807) is 0 Å². The first-order valence-electron chi connectivity index (χ1n) is 6.93. The minimum absolute atomic E-state index is 0.0227. The van der Waals surface area contributed by atoms with Gasteiger partial charge in [0, 0.05) is 4.88 Å². The van der Waals surface area contributed by atoms with Gasteiger partial charge >= 0.3 is 0 Å². The van der Waals surface area contributed by atoms with E-state index in [1.165, 1.54) is 46.0 Å². The number of nitrogens with one attached hydrogen (secondary N) is 2. The number of hydrogen-bond donors (Lipinski definition) is 2. The van der Waals surface area contributed by atoms with Crippen LogP contribution < -0.4 is 10.3 Å². The molecule has 8 heteroatoms. The molecule has 2 N–H and O–H groups in total. The van der Waals surface area contributed by atoms with Crippen LogP contribution in [0.3, 0.4) is 0 Å². The molecule has 1 aromatic carbocycles. The van der Waals surface area contributed by atoms with Gasteiger partial charge in [-0.05, 0) is 55.2 Å². The maximum absolute atomic E-state index is 12.1. The van der Waals surface area contributed by atoms with Gasteiger partial charge in [0.2, 0.25) is 0 Å². The fourth-order valence-electron chi connectivity index (χ4n) is 2.38. The molecule has 0 saturated carbocycles. The highest BCUT2D eigenvalue weighted by atomic mass is 32.2. The predicted octanol–water partition coefficient (Wildman–Crippen LogP) is 1.73. The van der Waals surface area contributed by atoms with Crippen LogP contribution in [-0.4, -0.2) is 14.3 Å². The number of carbonyl (C=O) groups excluding carboxylic acids is 1. The van der Waals surface area contributed by atoms with Gasteiger partial charge in [-0.15, -0.1) is 16.2 Å². The van der Waals surface area contributed by atoms with Crippen LogP contribution in [-0.2, 0) is 22.9 Å². The Morgan fingerprint density at radius 2 is 1.96 bits per heavy atom. The summed E-state index contributed by atoms with van der Waals surface area (Å²) >= 11 is 1.40. The second-order valence-electron chi connectivity index (χ2n) is 5.11. The average molecular weight is 347 g/mol. The number of nitrogens with zero attached hydrogens (tertiary/aromatic N) is 1. The molecule has 0 bridgehead atoms. The van der Waals surface area contributed by atoms with E-state index in [2.05, 4.69) is 10.3 Å². The number of nitriles is 1. The van der Waals surface area contributed by atoms with E-state index in [1.807, 2.05) is 12.1 Å². The summed E-state index contributed by atoms with van der Waals surface area (Å²) in [6.07, 6.45) is 3.05. The van der Waals surface area contributed by atoms with Crippen molar-refractivity contribution in [3.8, 4) is 6.07 Å². The maximum Gasteiger partial charge on any atom is 0.276 e. The number of amides is 1. The first-order valence-corrected chi connectivity index (χ1v) is 9.23. The van der Waals surface area contributed by atoms with Gasteiger partial charge in [-0.25, -0.2) is 8.42 Å². The number of carbonyl (C=O) groups is 1. The molecule has 0 saturated heterocycles. The summed E-state index contributed by atoms with van der Waals surface area (Å²) in [4.78, 5) is 15.8. The summed E-state index contributed by atoms with van der Waals surface area (Å²) in [5, 5.41) is 8.71. The van der Waals surface area contributed by atoms with E-state index in [0.29, 0.717) is 10.4 Å². The van der Waals surface area contributed by atoms with E-state index in [4.69, 9.17) is 5.26 Å². The number of aryl methyl sites for hydroxylation is 2. The molecule has 1 heterocycles. The molecule has 118 valence electrons. The van der Waals surface area contributed by atoms with Gasteiger partial charge in [-0.3, -0.25) is 10.2 Å². The molecule has 3 rings (SSSR count). The Bertz CT molecular complexity index is 872. The Kier molecular flexibility index (Phi) is 4.17. The zero-order valence-corrected chi connectivity index (χ0v) is 13.6. The van der Waals surface area contributed by atoms with Crippen molar-refractivity contribution in [1.82, 2.24) is 10.3 Å². The molecular weight excluding hydrogens is 334 g/mol. The quantitative estimate of drug-likeness (QED) is 0.823. The Hall–Kier alpha value is -2.21. The summed E-state index contributed by atoms with van der Waals surface area (Å²) in [6, 6.07) is 9.16. The minimum Gasteiger partial charge on any atom is -0.273 e. The fraction of sp³-hybridized carbons (Fsp3) is 0.200. The van der Waals surface area contributed by atoms with E-state index >= 15 is 0 Å². The lowest BCUT2D eigenvalue weighted by Gasteiger charge is -2.07. The van der Waals surface area contributed by atoms with Crippen molar-refractivity contribution in [3.05, 3.63) is 51.2 Å². The van der Waals surface area contributed by atoms with E-state index < -0.39 is 15.9 Å². The maximum atomic E-state index is 12.1. The highest BCUT2D eigenvalue weighted by Gasteiger charge is 2.20. The number of benzene rings is 1. The predicted molar refractivity (Wildman–Crippen MR) is 85.3 cm³/mol. The van der Waals surface area contributed by atoms with Gasteiger partial charge in [-0.2, -0.15) is 5.26 Å². The standard InChI is InChI=1S/C15H13N3O3S2/c16-9-10-4-6-12(7-5-10)23(20,21)18-17-15(19)14-8-11-2-1-3-13(11)22-14/h4-8,18H,1-3H2,(H,17,19). The fourth-order valence-corrected chi connectivity index (χ4v) is 4.37. The van der Waals surface area contributed by atoms with Crippen LogP contribution >= 0.6 is 11.3 Å². The van der Waals surface area contributed by atoms with Gasteiger partial charge in [0.1, 0.15) is 0 Å². The van der Waals surface area contributed by atoms with Crippen LogP contribution in [0.2, 0.25) is 0 Å². The van der Waals surface area contributed by atoms with E-state index in [9.17, 15) is 13.2 Å². The van der Waals surface area contributed by atoms with Crippen molar-refractivity contribution in [2.24, 2.45) is 0 Å². The first-order chi connectivity index (χ1) is 11.0. The van der Waals surface area contributed by atoms with Crippen molar-refractivity contribution in [2.75, 3.05) is 0 Å². The second-order valence-corrected chi connectivity index (χ2v) is 7.93. The van der Waals surface area contributed by atoms with E-state index in [-0.39, 0.29) is 4.90 Å². The third-order valence-electron chi connectivity index (χ3n) is 3.56.